The Morgan fingerprint density at radius 3 is 2.58 bits per heavy atom. The fraction of sp³-hybridized carbons (Fsp3) is 0.440. The minimum absolute atomic E-state index is 0.0323. The van der Waals surface area contributed by atoms with Crippen LogP contribution in [-0.4, -0.2) is 21.6 Å². The van der Waals surface area contributed by atoms with E-state index in [-0.39, 0.29) is 18.6 Å². The van der Waals surface area contributed by atoms with Gasteiger partial charge in [0.1, 0.15) is 18.5 Å². The van der Waals surface area contributed by atoms with Crippen LogP contribution in [0.25, 0.3) is 22.4 Å². The van der Waals surface area contributed by atoms with E-state index < -0.39 is 0 Å². The van der Waals surface area contributed by atoms with Gasteiger partial charge in [-0.25, -0.2) is 4.98 Å². The molecule has 4 rings (SSSR count). The van der Waals surface area contributed by atoms with E-state index >= 15 is 0 Å². The Hall–Kier alpha value is -2.04. The number of aromatic nitrogens is 2. The first-order valence-corrected chi connectivity index (χ1v) is 11.7. The summed E-state index contributed by atoms with van der Waals surface area (Å²) in [5, 5.41) is 1.05. The molecule has 1 aliphatic carbocycles. The lowest BCUT2D eigenvalue weighted by Crippen LogP contribution is -2.36. The van der Waals surface area contributed by atoms with E-state index in [4.69, 9.17) is 32.9 Å². The number of carbonyl (C=O) groups excluding carboxylic acids is 1. The molecule has 164 valence electrons. The van der Waals surface area contributed by atoms with Gasteiger partial charge >= 0.3 is 5.97 Å². The van der Waals surface area contributed by atoms with Crippen molar-refractivity contribution in [1.29, 1.82) is 0 Å². The van der Waals surface area contributed by atoms with Crippen molar-refractivity contribution in [3.8, 4) is 11.4 Å². The molecule has 6 heteroatoms. The van der Waals surface area contributed by atoms with Crippen LogP contribution in [0.4, 0.5) is 0 Å². The number of fused-ring (bicyclic) bond motifs is 1. The van der Waals surface area contributed by atoms with Gasteiger partial charge in [-0.15, -0.1) is 0 Å². The number of hydrogen-bond donors (Lipinski definition) is 0. The standard InChI is InChI=1S/C25H28Cl2N2O2/c1-15(2)20-9-8-16(3)10-23(20)31-24(30)14-29-22-7-5-4-6-21(22)28-25(29)17-11-18(26)13-19(27)12-17/h4-7,11-13,15-16,20,23H,8-10,14H2,1-3H3/t16-,20+,23?/m1/s1. The Kier molecular flexibility index (Phi) is 6.59. The van der Waals surface area contributed by atoms with Crippen molar-refractivity contribution in [3.63, 3.8) is 0 Å². The molecule has 3 aromatic rings. The van der Waals surface area contributed by atoms with Gasteiger partial charge in [-0.1, -0.05) is 62.5 Å². The number of para-hydroxylation sites is 2. The molecule has 0 amide bonds. The highest BCUT2D eigenvalue weighted by atomic mass is 35.5. The van der Waals surface area contributed by atoms with Crippen molar-refractivity contribution >= 4 is 40.2 Å². The predicted molar refractivity (Wildman–Crippen MR) is 126 cm³/mol. The number of hydrogen-bond acceptors (Lipinski definition) is 3. The maximum Gasteiger partial charge on any atom is 0.326 e. The lowest BCUT2D eigenvalue weighted by molar-refractivity contribution is -0.156. The van der Waals surface area contributed by atoms with Gasteiger partial charge in [-0.05, 0) is 60.9 Å². The van der Waals surface area contributed by atoms with Gasteiger partial charge < -0.3 is 9.30 Å². The molecule has 0 aliphatic heterocycles. The number of esters is 1. The molecule has 1 aliphatic rings. The number of imidazole rings is 1. The van der Waals surface area contributed by atoms with Crippen LogP contribution >= 0.6 is 23.2 Å². The quantitative estimate of drug-likeness (QED) is 0.386. The highest BCUT2D eigenvalue weighted by Crippen LogP contribution is 2.36. The van der Waals surface area contributed by atoms with Crippen LogP contribution in [0.2, 0.25) is 10.0 Å². The minimum Gasteiger partial charge on any atom is -0.461 e. The fourth-order valence-corrected chi connectivity index (χ4v) is 5.25. The van der Waals surface area contributed by atoms with Crippen LogP contribution in [-0.2, 0) is 16.1 Å². The van der Waals surface area contributed by atoms with E-state index in [0.717, 1.165) is 29.4 Å². The van der Waals surface area contributed by atoms with Crippen molar-refractivity contribution in [2.45, 2.75) is 52.7 Å². The van der Waals surface area contributed by atoms with E-state index in [1.165, 1.54) is 6.42 Å². The number of halogens is 2. The summed E-state index contributed by atoms with van der Waals surface area (Å²) in [5.41, 5.74) is 2.46. The Balaban J connectivity index is 1.65. The molecule has 1 aromatic heterocycles. The summed E-state index contributed by atoms with van der Waals surface area (Å²) in [6.45, 7) is 6.76. The average Bonchev–Trinajstić information content (AvgIpc) is 3.05. The van der Waals surface area contributed by atoms with E-state index in [2.05, 4.69) is 20.8 Å². The zero-order valence-corrected chi connectivity index (χ0v) is 19.7. The van der Waals surface area contributed by atoms with Crippen LogP contribution in [0.5, 0.6) is 0 Å². The zero-order valence-electron chi connectivity index (χ0n) is 18.1. The Morgan fingerprint density at radius 1 is 1.16 bits per heavy atom. The van der Waals surface area contributed by atoms with E-state index in [1.54, 1.807) is 6.07 Å². The largest absolute Gasteiger partial charge is 0.461 e. The maximum atomic E-state index is 13.1. The average molecular weight is 459 g/mol. The topological polar surface area (TPSA) is 44.1 Å². The number of nitrogens with zero attached hydrogens (tertiary/aromatic N) is 2. The van der Waals surface area contributed by atoms with Crippen molar-refractivity contribution in [2.24, 2.45) is 17.8 Å². The summed E-state index contributed by atoms with van der Waals surface area (Å²) < 4.78 is 7.96. The van der Waals surface area contributed by atoms with Crippen molar-refractivity contribution in [2.75, 3.05) is 0 Å². The third kappa shape index (κ3) is 4.91. The summed E-state index contributed by atoms with van der Waals surface area (Å²) in [5.74, 6) is 1.89. The molecule has 0 spiro atoms. The zero-order chi connectivity index (χ0) is 22.1. The van der Waals surface area contributed by atoms with Gasteiger partial charge in [0, 0.05) is 15.6 Å². The van der Waals surface area contributed by atoms with Gasteiger partial charge in [-0.3, -0.25) is 4.79 Å². The molecule has 0 radical (unpaired) electrons. The fourth-order valence-electron chi connectivity index (χ4n) is 4.72. The molecule has 3 atom stereocenters. The molecule has 1 saturated carbocycles. The molecule has 0 saturated heterocycles. The molecule has 1 fully saturated rings. The van der Waals surface area contributed by atoms with Crippen LogP contribution in [0, 0.1) is 17.8 Å². The second-order valence-corrected chi connectivity index (χ2v) is 9.90. The Morgan fingerprint density at radius 2 is 1.87 bits per heavy atom. The molecular weight excluding hydrogens is 431 g/mol. The summed E-state index contributed by atoms with van der Waals surface area (Å²) in [4.78, 5) is 17.8. The first-order chi connectivity index (χ1) is 14.8. The number of benzene rings is 2. The van der Waals surface area contributed by atoms with Crippen LogP contribution in [0.15, 0.2) is 42.5 Å². The van der Waals surface area contributed by atoms with Crippen LogP contribution < -0.4 is 0 Å². The summed E-state index contributed by atoms with van der Waals surface area (Å²) in [6, 6.07) is 13.1. The summed E-state index contributed by atoms with van der Waals surface area (Å²) >= 11 is 12.5. The molecule has 2 aromatic carbocycles. The highest BCUT2D eigenvalue weighted by Gasteiger charge is 2.33. The van der Waals surface area contributed by atoms with E-state index in [1.807, 2.05) is 41.0 Å². The van der Waals surface area contributed by atoms with Crippen LogP contribution in [0.3, 0.4) is 0 Å². The number of carbonyl (C=O) groups is 1. The normalized spacial score (nSPS) is 21.5. The minimum atomic E-state index is -0.234. The van der Waals surface area contributed by atoms with Gasteiger partial charge in [-0.2, -0.15) is 0 Å². The first-order valence-electron chi connectivity index (χ1n) is 10.9. The number of rotatable bonds is 5. The van der Waals surface area contributed by atoms with Crippen molar-refractivity contribution < 1.29 is 9.53 Å². The lowest BCUT2D eigenvalue weighted by Gasteiger charge is -2.36. The number of ether oxygens (including phenoxy) is 1. The van der Waals surface area contributed by atoms with Gasteiger partial charge in [0.05, 0.1) is 11.0 Å². The third-order valence-corrected chi connectivity index (χ3v) is 6.74. The maximum absolute atomic E-state index is 13.1. The lowest BCUT2D eigenvalue weighted by atomic mass is 9.75. The third-order valence-electron chi connectivity index (χ3n) is 6.31. The highest BCUT2D eigenvalue weighted by molar-refractivity contribution is 6.35. The Labute approximate surface area is 193 Å². The Bertz CT molecular complexity index is 1070. The molecule has 0 bridgehead atoms. The molecule has 31 heavy (non-hydrogen) atoms. The molecule has 1 heterocycles. The second-order valence-electron chi connectivity index (χ2n) is 9.02. The van der Waals surface area contributed by atoms with Gasteiger partial charge in [0.2, 0.25) is 0 Å². The monoisotopic (exact) mass is 458 g/mol. The molecule has 4 nitrogen and oxygen atoms in total. The van der Waals surface area contributed by atoms with Crippen molar-refractivity contribution in [1.82, 2.24) is 9.55 Å². The van der Waals surface area contributed by atoms with Crippen LogP contribution in [0.1, 0.15) is 40.0 Å². The van der Waals surface area contributed by atoms with Gasteiger partial charge in [0.15, 0.2) is 0 Å². The molecule has 0 N–H and O–H groups in total. The van der Waals surface area contributed by atoms with E-state index in [0.29, 0.717) is 33.6 Å². The smallest absolute Gasteiger partial charge is 0.326 e. The summed E-state index contributed by atoms with van der Waals surface area (Å²) in [7, 11) is 0. The first kappa shape index (κ1) is 22.2. The molecule has 1 unspecified atom stereocenters. The van der Waals surface area contributed by atoms with Gasteiger partial charge in [0.25, 0.3) is 0 Å². The second kappa shape index (κ2) is 9.22. The summed E-state index contributed by atoms with van der Waals surface area (Å²) in [6.07, 6.45) is 3.20. The van der Waals surface area contributed by atoms with Crippen molar-refractivity contribution in [3.05, 3.63) is 52.5 Å². The SMILES string of the molecule is CC(C)[C@@H]1CC[C@@H](C)CC1OC(=O)Cn1c(-c2cc(Cl)cc(Cl)c2)nc2ccccc21. The van der Waals surface area contributed by atoms with E-state index in [9.17, 15) is 4.79 Å². The predicted octanol–water partition coefficient (Wildman–Crippen LogP) is 7.01. The molecular formula is C25H28Cl2N2O2.